The van der Waals surface area contributed by atoms with Gasteiger partial charge in [0, 0.05) is 5.56 Å². The highest BCUT2D eigenvalue weighted by Gasteiger charge is 2.01. The predicted octanol–water partition coefficient (Wildman–Crippen LogP) is 4.13. The van der Waals surface area contributed by atoms with Crippen LogP contribution in [-0.4, -0.2) is 7.11 Å². The van der Waals surface area contributed by atoms with Crippen molar-refractivity contribution in [3.05, 3.63) is 60.7 Å². The van der Waals surface area contributed by atoms with E-state index in [9.17, 15) is 0 Å². The molecule has 2 heteroatoms. The quantitative estimate of drug-likeness (QED) is 0.780. The van der Waals surface area contributed by atoms with Crippen molar-refractivity contribution in [2.75, 3.05) is 7.11 Å². The highest BCUT2D eigenvalue weighted by molar-refractivity contribution is 5.56. The third-order valence-corrected chi connectivity index (χ3v) is 2.43. The smallest absolute Gasteiger partial charge is 0.134 e. The van der Waals surface area contributed by atoms with Crippen LogP contribution in [-0.2, 0) is 0 Å². The molecule has 0 amide bonds. The third-order valence-electron chi connectivity index (χ3n) is 2.43. The Kier molecular flexibility index (Phi) is 3.46. The lowest BCUT2D eigenvalue weighted by Gasteiger charge is -2.09. The van der Waals surface area contributed by atoms with Crippen molar-refractivity contribution in [2.45, 2.75) is 0 Å². The topological polar surface area (TPSA) is 18.5 Å². The molecule has 0 heterocycles. The van der Waals surface area contributed by atoms with Gasteiger partial charge in [-0.2, -0.15) is 0 Å². The Labute approximate surface area is 101 Å². The van der Waals surface area contributed by atoms with E-state index in [0.717, 1.165) is 22.8 Å². The van der Waals surface area contributed by atoms with E-state index in [0.29, 0.717) is 0 Å². The summed E-state index contributed by atoms with van der Waals surface area (Å²) in [5, 5.41) is 0. The first kappa shape index (κ1) is 11.3. The maximum atomic E-state index is 5.77. The standard InChI is InChI=1S/C15H14O2/c1-3-12-6-4-5-7-15(12)17-14-10-8-13(16-2)9-11-14/h3-11H,1H2,2H3. The number of benzene rings is 2. The van der Waals surface area contributed by atoms with Crippen LogP contribution in [0.4, 0.5) is 0 Å². The van der Waals surface area contributed by atoms with Crippen LogP contribution in [0.2, 0.25) is 0 Å². The minimum absolute atomic E-state index is 0.778. The highest BCUT2D eigenvalue weighted by atomic mass is 16.5. The molecule has 2 aromatic rings. The Morgan fingerprint density at radius 2 is 1.59 bits per heavy atom. The van der Waals surface area contributed by atoms with Crippen molar-refractivity contribution in [1.29, 1.82) is 0 Å². The van der Waals surface area contributed by atoms with Crippen molar-refractivity contribution < 1.29 is 9.47 Å². The molecular weight excluding hydrogens is 212 g/mol. The number of methoxy groups -OCH3 is 1. The van der Waals surface area contributed by atoms with Crippen molar-refractivity contribution in [3.8, 4) is 17.2 Å². The van der Waals surface area contributed by atoms with Crippen LogP contribution >= 0.6 is 0 Å². The lowest BCUT2D eigenvalue weighted by atomic mass is 10.2. The molecule has 0 N–H and O–H groups in total. The van der Waals surface area contributed by atoms with Crippen LogP contribution < -0.4 is 9.47 Å². The van der Waals surface area contributed by atoms with Crippen molar-refractivity contribution in [3.63, 3.8) is 0 Å². The van der Waals surface area contributed by atoms with Crippen LogP contribution in [0, 0.1) is 0 Å². The van der Waals surface area contributed by atoms with Crippen LogP contribution in [0.15, 0.2) is 55.1 Å². The molecule has 0 aliphatic heterocycles. The lowest BCUT2D eigenvalue weighted by molar-refractivity contribution is 0.413. The van der Waals surface area contributed by atoms with Gasteiger partial charge in [-0.15, -0.1) is 0 Å². The first-order chi connectivity index (χ1) is 8.33. The average molecular weight is 226 g/mol. The van der Waals surface area contributed by atoms with E-state index < -0.39 is 0 Å². The molecule has 0 saturated heterocycles. The molecule has 0 fully saturated rings. The van der Waals surface area contributed by atoms with Crippen molar-refractivity contribution in [1.82, 2.24) is 0 Å². The Bertz CT molecular complexity index is 501. The Morgan fingerprint density at radius 1 is 0.941 bits per heavy atom. The molecule has 17 heavy (non-hydrogen) atoms. The van der Waals surface area contributed by atoms with E-state index >= 15 is 0 Å². The molecule has 0 radical (unpaired) electrons. The molecule has 0 aliphatic rings. The summed E-state index contributed by atoms with van der Waals surface area (Å²) in [6.07, 6.45) is 1.78. The summed E-state index contributed by atoms with van der Waals surface area (Å²) in [6, 6.07) is 15.3. The zero-order chi connectivity index (χ0) is 12.1. The second kappa shape index (κ2) is 5.21. The largest absolute Gasteiger partial charge is 0.497 e. The summed E-state index contributed by atoms with van der Waals surface area (Å²) >= 11 is 0. The number of para-hydroxylation sites is 1. The SMILES string of the molecule is C=Cc1ccccc1Oc1ccc(OC)cc1. The monoisotopic (exact) mass is 226 g/mol. The number of ether oxygens (including phenoxy) is 2. The maximum absolute atomic E-state index is 5.77. The minimum atomic E-state index is 0.778. The summed E-state index contributed by atoms with van der Waals surface area (Å²) in [5.74, 6) is 2.39. The molecule has 0 aromatic heterocycles. The fourth-order valence-electron chi connectivity index (χ4n) is 1.51. The minimum Gasteiger partial charge on any atom is -0.497 e. The van der Waals surface area contributed by atoms with Gasteiger partial charge in [0.05, 0.1) is 7.11 Å². The second-order valence-corrected chi connectivity index (χ2v) is 3.52. The van der Waals surface area contributed by atoms with E-state index in [1.54, 1.807) is 13.2 Å². The summed E-state index contributed by atoms with van der Waals surface area (Å²) in [4.78, 5) is 0. The van der Waals surface area contributed by atoms with E-state index in [1.165, 1.54) is 0 Å². The zero-order valence-corrected chi connectivity index (χ0v) is 9.72. The van der Waals surface area contributed by atoms with Crippen LogP contribution in [0.3, 0.4) is 0 Å². The van der Waals surface area contributed by atoms with Gasteiger partial charge in [-0.3, -0.25) is 0 Å². The molecule has 2 rings (SSSR count). The Balaban J connectivity index is 2.22. The number of hydrogen-bond acceptors (Lipinski definition) is 2. The van der Waals surface area contributed by atoms with Gasteiger partial charge in [0.15, 0.2) is 0 Å². The molecule has 0 unspecified atom stereocenters. The summed E-state index contributed by atoms with van der Waals surface area (Å²) in [7, 11) is 1.64. The fourth-order valence-corrected chi connectivity index (χ4v) is 1.51. The van der Waals surface area contributed by atoms with Gasteiger partial charge >= 0.3 is 0 Å². The normalized spacial score (nSPS) is 9.71. The van der Waals surface area contributed by atoms with Crippen LogP contribution in [0.25, 0.3) is 6.08 Å². The van der Waals surface area contributed by atoms with E-state index in [-0.39, 0.29) is 0 Å². The van der Waals surface area contributed by atoms with Gasteiger partial charge in [-0.1, -0.05) is 30.9 Å². The highest BCUT2D eigenvalue weighted by Crippen LogP contribution is 2.27. The number of rotatable bonds is 4. The summed E-state index contributed by atoms with van der Waals surface area (Å²) < 4.78 is 10.9. The zero-order valence-electron chi connectivity index (χ0n) is 9.72. The third kappa shape index (κ3) is 2.67. The molecule has 2 aromatic carbocycles. The summed E-state index contributed by atoms with van der Waals surface area (Å²) in [5.41, 5.74) is 0.975. The fraction of sp³-hybridized carbons (Fsp3) is 0.0667. The first-order valence-corrected chi connectivity index (χ1v) is 5.37. The van der Waals surface area contributed by atoms with Gasteiger partial charge in [-0.25, -0.2) is 0 Å². The van der Waals surface area contributed by atoms with Gasteiger partial charge in [0.1, 0.15) is 17.2 Å². The first-order valence-electron chi connectivity index (χ1n) is 5.37. The van der Waals surface area contributed by atoms with Crippen molar-refractivity contribution in [2.24, 2.45) is 0 Å². The van der Waals surface area contributed by atoms with Gasteiger partial charge in [0.2, 0.25) is 0 Å². The van der Waals surface area contributed by atoms with E-state index in [2.05, 4.69) is 6.58 Å². The molecule has 0 saturated carbocycles. The Hall–Kier alpha value is -2.22. The lowest BCUT2D eigenvalue weighted by Crippen LogP contribution is -1.87. The van der Waals surface area contributed by atoms with Crippen LogP contribution in [0.1, 0.15) is 5.56 Å². The van der Waals surface area contributed by atoms with Gasteiger partial charge in [0.25, 0.3) is 0 Å². The Morgan fingerprint density at radius 3 is 2.24 bits per heavy atom. The van der Waals surface area contributed by atoms with E-state index in [1.807, 2.05) is 48.5 Å². The van der Waals surface area contributed by atoms with E-state index in [4.69, 9.17) is 9.47 Å². The molecule has 0 bridgehead atoms. The number of hydrogen-bond donors (Lipinski definition) is 0. The predicted molar refractivity (Wildman–Crippen MR) is 69.6 cm³/mol. The molecular formula is C15H14O2. The van der Waals surface area contributed by atoms with Crippen LogP contribution in [0.5, 0.6) is 17.2 Å². The molecule has 86 valence electrons. The van der Waals surface area contributed by atoms with Gasteiger partial charge in [-0.05, 0) is 30.3 Å². The van der Waals surface area contributed by atoms with Gasteiger partial charge < -0.3 is 9.47 Å². The average Bonchev–Trinajstić information content (AvgIpc) is 2.40. The second-order valence-electron chi connectivity index (χ2n) is 3.52. The summed E-state index contributed by atoms with van der Waals surface area (Å²) in [6.45, 7) is 3.76. The molecule has 0 atom stereocenters. The van der Waals surface area contributed by atoms with Crippen molar-refractivity contribution >= 4 is 6.08 Å². The maximum Gasteiger partial charge on any atom is 0.134 e. The molecule has 2 nitrogen and oxygen atoms in total. The molecule has 0 aliphatic carbocycles. The molecule has 0 spiro atoms.